The van der Waals surface area contributed by atoms with Crippen molar-refractivity contribution < 1.29 is 28.9 Å². The van der Waals surface area contributed by atoms with Crippen molar-refractivity contribution in [2.45, 2.75) is 70.4 Å². The fraction of sp³-hybridized carbons (Fsp3) is 0.586. The maximum Gasteiger partial charge on any atom is 0.410 e. The Hall–Kier alpha value is -3.80. The molecule has 1 aromatic carbocycles. The minimum atomic E-state index is -0.500. The third-order valence-electron chi connectivity index (χ3n) is 7.66. The number of hydrogen-bond acceptors (Lipinski definition) is 10. The molecular weight excluding hydrogens is 528 g/mol. The summed E-state index contributed by atoms with van der Waals surface area (Å²) in [7, 11) is 0. The van der Waals surface area contributed by atoms with Crippen LogP contribution in [0.25, 0.3) is 11.3 Å². The number of ether oxygens (including phenoxy) is 3. The topological polar surface area (TPSA) is 144 Å². The van der Waals surface area contributed by atoms with Gasteiger partial charge in [-0.2, -0.15) is 0 Å². The number of nitrogen functional groups attached to an aromatic ring is 1. The van der Waals surface area contributed by atoms with E-state index in [1.165, 1.54) is 0 Å². The minimum Gasteiger partial charge on any atom is -0.507 e. The van der Waals surface area contributed by atoms with E-state index in [1.54, 1.807) is 28.0 Å². The van der Waals surface area contributed by atoms with E-state index in [2.05, 4.69) is 15.1 Å². The predicted molar refractivity (Wildman–Crippen MR) is 153 cm³/mol. The van der Waals surface area contributed by atoms with Gasteiger partial charge in [-0.3, -0.25) is 0 Å². The van der Waals surface area contributed by atoms with E-state index in [4.69, 9.17) is 19.9 Å². The van der Waals surface area contributed by atoms with Gasteiger partial charge in [-0.1, -0.05) is 12.1 Å². The summed E-state index contributed by atoms with van der Waals surface area (Å²) in [5.74, 6) is 0.425. The third kappa shape index (κ3) is 7.10. The quantitative estimate of drug-likeness (QED) is 0.549. The number of anilines is 2. The number of piperazine rings is 1. The first-order chi connectivity index (χ1) is 19.6. The maximum atomic E-state index is 12.8. The number of amides is 2. The first-order valence-corrected chi connectivity index (χ1v) is 14.3. The lowest BCUT2D eigenvalue weighted by Gasteiger charge is -2.41. The number of aromatic hydroxyl groups is 1. The molecule has 2 amide bonds. The highest BCUT2D eigenvalue weighted by atomic mass is 16.6. The summed E-state index contributed by atoms with van der Waals surface area (Å²) in [6.07, 6.45) is 2.37. The molecule has 2 saturated heterocycles. The molecular formula is C29H40N6O6. The van der Waals surface area contributed by atoms with Gasteiger partial charge in [0.05, 0.1) is 23.6 Å². The second-order valence-electron chi connectivity index (χ2n) is 11.9. The van der Waals surface area contributed by atoms with Gasteiger partial charge in [0.25, 0.3) is 0 Å². The smallest absolute Gasteiger partial charge is 0.410 e. The molecule has 12 nitrogen and oxygen atoms in total. The molecule has 3 heterocycles. The van der Waals surface area contributed by atoms with E-state index in [9.17, 15) is 14.7 Å². The van der Waals surface area contributed by atoms with E-state index < -0.39 is 5.60 Å². The lowest BCUT2D eigenvalue weighted by atomic mass is 9.91. The number of hydrogen-bond donors (Lipinski definition) is 2. The van der Waals surface area contributed by atoms with Crippen LogP contribution in [0, 0.1) is 0 Å². The summed E-state index contributed by atoms with van der Waals surface area (Å²) in [5, 5.41) is 18.4. The summed E-state index contributed by atoms with van der Waals surface area (Å²) in [6, 6.07) is 8.77. The molecule has 1 saturated carbocycles. The van der Waals surface area contributed by atoms with Gasteiger partial charge in [0, 0.05) is 57.7 Å². The maximum absolute atomic E-state index is 12.8. The van der Waals surface area contributed by atoms with Gasteiger partial charge >= 0.3 is 12.2 Å². The number of carbonyl (C=O) groups is 2. The average Bonchev–Trinajstić information content (AvgIpc) is 2.92. The van der Waals surface area contributed by atoms with E-state index in [0.29, 0.717) is 69.2 Å². The molecule has 2 aromatic rings. The highest BCUT2D eigenvalue weighted by Crippen LogP contribution is 2.33. The van der Waals surface area contributed by atoms with Crippen molar-refractivity contribution in [3.8, 4) is 17.0 Å². The van der Waals surface area contributed by atoms with Crippen LogP contribution in [-0.2, 0) is 14.2 Å². The van der Waals surface area contributed by atoms with Crippen LogP contribution < -0.4 is 10.6 Å². The van der Waals surface area contributed by atoms with Gasteiger partial charge in [-0.25, -0.2) is 9.59 Å². The number of carbonyl (C=O) groups excluding carboxylic acids is 2. The van der Waals surface area contributed by atoms with E-state index in [1.807, 2.05) is 32.9 Å². The highest BCUT2D eigenvalue weighted by Gasteiger charge is 2.37. The SMILES string of the molecule is CC(C)(C)OC(=O)N1CCC(O[C@H]2C[C@H](OC(=O)N3CCN(c4cc(-c5ccccc5O)nnc4N)CC3)C2)CC1. The van der Waals surface area contributed by atoms with E-state index >= 15 is 0 Å². The lowest BCUT2D eigenvalue weighted by molar-refractivity contribution is -0.120. The zero-order valence-corrected chi connectivity index (χ0v) is 24.0. The van der Waals surface area contributed by atoms with Gasteiger partial charge in [-0.15, -0.1) is 10.2 Å². The number of phenols is 1. The number of phenolic OH excluding ortho intramolecular Hbond substituents is 1. The second-order valence-corrected chi connectivity index (χ2v) is 11.9. The minimum absolute atomic E-state index is 0.0723. The molecule has 0 bridgehead atoms. The van der Waals surface area contributed by atoms with Crippen LogP contribution in [0.4, 0.5) is 21.1 Å². The van der Waals surface area contributed by atoms with Crippen LogP contribution in [-0.4, -0.2) is 100 Å². The summed E-state index contributed by atoms with van der Waals surface area (Å²) < 4.78 is 17.4. The molecule has 0 unspecified atom stereocenters. The van der Waals surface area contributed by atoms with Crippen LogP contribution >= 0.6 is 0 Å². The average molecular weight is 569 g/mol. The Morgan fingerprint density at radius 1 is 0.902 bits per heavy atom. The molecule has 41 heavy (non-hydrogen) atoms. The first kappa shape index (κ1) is 28.7. The zero-order chi connectivity index (χ0) is 29.1. The summed E-state index contributed by atoms with van der Waals surface area (Å²) in [6.45, 7) is 8.98. The molecule has 1 aromatic heterocycles. The Morgan fingerprint density at radius 3 is 2.22 bits per heavy atom. The fourth-order valence-corrected chi connectivity index (χ4v) is 5.31. The van der Waals surface area contributed by atoms with Crippen LogP contribution in [0.5, 0.6) is 5.75 Å². The Bertz CT molecular complexity index is 1230. The monoisotopic (exact) mass is 568 g/mol. The standard InChI is InChI=1S/C29H40N6O6/c1-29(2,3)41-28(38)34-10-8-19(9-11-34)39-20-16-21(17-20)40-27(37)35-14-12-33(13-15-35)24-18-23(31-32-26(24)30)22-6-4-5-7-25(22)36/h4-7,18-21,36H,8-17H2,1-3H3,(H2,30,32)/t20-,21-. The van der Waals surface area contributed by atoms with Crippen LogP contribution in [0.2, 0.25) is 0 Å². The highest BCUT2D eigenvalue weighted by molar-refractivity contribution is 5.74. The largest absolute Gasteiger partial charge is 0.507 e. The fourth-order valence-electron chi connectivity index (χ4n) is 5.31. The molecule has 3 fully saturated rings. The number of piperidine rings is 1. The number of nitrogens with zero attached hydrogens (tertiary/aromatic N) is 5. The number of para-hydroxylation sites is 1. The third-order valence-corrected chi connectivity index (χ3v) is 7.66. The molecule has 1 aliphatic carbocycles. The predicted octanol–water partition coefficient (Wildman–Crippen LogP) is 3.64. The zero-order valence-electron chi connectivity index (χ0n) is 24.0. The Labute approximate surface area is 240 Å². The normalized spacial score (nSPS) is 21.8. The summed E-state index contributed by atoms with van der Waals surface area (Å²) in [4.78, 5) is 30.6. The van der Waals surface area contributed by atoms with Crippen LogP contribution in [0.1, 0.15) is 46.5 Å². The first-order valence-electron chi connectivity index (χ1n) is 14.3. The molecule has 3 aliphatic rings. The molecule has 2 aliphatic heterocycles. The number of nitrogens with two attached hydrogens (primary N) is 1. The Morgan fingerprint density at radius 2 is 1.56 bits per heavy atom. The molecule has 0 atom stereocenters. The van der Waals surface area contributed by atoms with Gasteiger partial charge in [0.1, 0.15) is 17.5 Å². The van der Waals surface area contributed by atoms with Crippen molar-refractivity contribution in [1.82, 2.24) is 20.0 Å². The molecule has 3 N–H and O–H groups in total. The van der Waals surface area contributed by atoms with Crippen molar-refractivity contribution in [3.05, 3.63) is 30.3 Å². The van der Waals surface area contributed by atoms with Crippen molar-refractivity contribution >= 4 is 23.7 Å². The number of aromatic nitrogens is 2. The van der Waals surface area contributed by atoms with Crippen molar-refractivity contribution in [2.24, 2.45) is 0 Å². The summed E-state index contributed by atoms with van der Waals surface area (Å²) >= 11 is 0. The van der Waals surface area contributed by atoms with E-state index in [-0.39, 0.29) is 36.2 Å². The van der Waals surface area contributed by atoms with Gasteiger partial charge in [-0.05, 0) is 51.8 Å². The molecule has 0 radical (unpaired) electrons. The Balaban J connectivity index is 1.03. The van der Waals surface area contributed by atoms with Crippen LogP contribution in [0.3, 0.4) is 0 Å². The second kappa shape index (κ2) is 12.0. The lowest BCUT2D eigenvalue weighted by Crippen LogP contribution is -2.51. The molecule has 0 spiro atoms. The van der Waals surface area contributed by atoms with E-state index in [0.717, 1.165) is 18.5 Å². The van der Waals surface area contributed by atoms with Gasteiger partial charge in [0.2, 0.25) is 0 Å². The molecule has 5 rings (SSSR count). The van der Waals surface area contributed by atoms with Crippen LogP contribution in [0.15, 0.2) is 30.3 Å². The van der Waals surface area contributed by atoms with Gasteiger partial charge < -0.3 is 39.8 Å². The number of rotatable bonds is 5. The van der Waals surface area contributed by atoms with Crippen molar-refractivity contribution in [1.29, 1.82) is 0 Å². The van der Waals surface area contributed by atoms with Crippen molar-refractivity contribution in [3.63, 3.8) is 0 Å². The van der Waals surface area contributed by atoms with Crippen molar-refractivity contribution in [2.75, 3.05) is 49.9 Å². The van der Waals surface area contributed by atoms with Gasteiger partial charge in [0.15, 0.2) is 5.82 Å². The number of likely N-dealkylation sites (tertiary alicyclic amines) is 1. The summed E-state index contributed by atoms with van der Waals surface area (Å²) in [5.41, 5.74) is 7.46. The molecule has 222 valence electrons. The Kier molecular flexibility index (Phi) is 8.39. The number of benzene rings is 1. The molecule has 12 heteroatoms.